The second kappa shape index (κ2) is 8.66. The molecule has 158 valence electrons. The number of aromatic nitrogens is 4. The number of aryl methyl sites for hydroxylation is 1. The molecule has 0 spiro atoms. The van der Waals surface area contributed by atoms with Gasteiger partial charge in [-0.1, -0.05) is 25.6 Å². The van der Waals surface area contributed by atoms with Crippen LogP contribution < -0.4 is 11.2 Å². The number of ether oxygens (including phenoxy) is 1. The fourth-order valence-electron chi connectivity index (χ4n) is 3.32. The zero-order chi connectivity index (χ0) is 21.3. The second-order valence-corrected chi connectivity index (χ2v) is 8.95. The molecule has 1 aliphatic heterocycles. The Bertz CT molecular complexity index is 1040. The molecule has 1 fully saturated rings. The van der Waals surface area contributed by atoms with E-state index in [1.54, 1.807) is 18.7 Å². The zero-order valence-electron chi connectivity index (χ0n) is 17.5. The van der Waals surface area contributed by atoms with Crippen LogP contribution in [0.15, 0.2) is 14.6 Å². The molecule has 1 aliphatic rings. The summed E-state index contributed by atoms with van der Waals surface area (Å²) in [6.45, 7) is 10.1. The van der Waals surface area contributed by atoms with Gasteiger partial charge in [-0.15, -0.1) is 0 Å². The van der Waals surface area contributed by atoms with E-state index in [0.717, 1.165) is 4.57 Å². The summed E-state index contributed by atoms with van der Waals surface area (Å²) in [7, 11) is 1.46. The number of amides is 1. The van der Waals surface area contributed by atoms with Crippen LogP contribution in [-0.2, 0) is 23.1 Å². The first-order chi connectivity index (χ1) is 13.7. The van der Waals surface area contributed by atoms with Crippen LogP contribution in [0, 0.1) is 12.8 Å². The minimum Gasteiger partial charge on any atom is -0.378 e. The molecule has 1 saturated heterocycles. The number of rotatable bonds is 5. The highest BCUT2D eigenvalue weighted by Crippen LogP contribution is 2.27. The molecule has 1 atom stereocenters. The number of morpholine rings is 1. The van der Waals surface area contributed by atoms with Gasteiger partial charge in [-0.25, -0.2) is 14.8 Å². The SMILES string of the molecule is Cc1nc(SC(C)C(=O)N2CCOCC2)c2c(=O)n(C)c(=O)n(CC(C)C)c2n1. The molecular formula is C19H27N5O4S. The molecule has 29 heavy (non-hydrogen) atoms. The number of nitrogens with zero attached hydrogens (tertiary/aromatic N) is 5. The van der Waals surface area contributed by atoms with Gasteiger partial charge in [0, 0.05) is 26.7 Å². The van der Waals surface area contributed by atoms with Crippen LogP contribution in [0.3, 0.4) is 0 Å². The average Bonchev–Trinajstić information content (AvgIpc) is 2.69. The number of fused-ring (bicyclic) bond motifs is 1. The molecule has 1 amide bonds. The van der Waals surface area contributed by atoms with Crippen LogP contribution >= 0.6 is 11.8 Å². The molecule has 3 heterocycles. The highest BCUT2D eigenvalue weighted by molar-refractivity contribution is 8.00. The highest BCUT2D eigenvalue weighted by atomic mass is 32.2. The monoisotopic (exact) mass is 421 g/mol. The van der Waals surface area contributed by atoms with Crippen molar-refractivity contribution in [1.29, 1.82) is 0 Å². The molecule has 0 N–H and O–H groups in total. The van der Waals surface area contributed by atoms with E-state index < -0.39 is 16.5 Å². The lowest BCUT2D eigenvalue weighted by molar-refractivity contribution is -0.134. The quantitative estimate of drug-likeness (QED) is 0.520. The maximum atomic E-state index is 12.9. The van der Waals surface area contributed by atoms with E-state index in [-0.39, 0.29) is 17.2 Å². The second-order valence-electron chi connectivity index (χ2n) is 7.62. The van der Waals surface area contributed by atoms with Crippen molar-refractivity contribution in [2.24, 2.45) is 13.0 Å². The van der Waals surface area contributed by atoms with Crippen LogP contribution in [0.1, 0.15) is 26.6 Å². The van der Waals surface area contributed by atoms with Crippen LogP contribution in [0.4, 0.5) is 0 Å². The minimum absolute atomic E-state index is 0.0185. The average molecular weight is 422 g/mol. The summed E-state index contributed by atoms with van der Waals surface area (Å²) in [5, 5.41) is 0.283. The van der Waals surface area contributed by atoms with Crippen molar-refractivity contribution in [2.75, 3.05) is 26.3 Å². The third-order valence-corrected chi connectivity index (χ3v) is 5.84. The number of hydrogen-bond acceptors (Lipinski definition) is 7. The molecule has 10 heteroatoms. The molecule has 0 saturated carbocycles. The van der Waals surface area contributed by atoms with Gasteiger partial charge in [-0.2, -0.15) is 0 Å². The van der Waals surface area contributed by atoms with Crippen LogP contribution in [-0.4, -0.2) is 61.5 Å². The fourth-order valence-corrected chi connectivity index (χ4v) is 4.38. The minimum atomic E-state index is -0.446. The molecule has 2 aromatic heterocycles. The van der Waals surface area contributed by atoms with Gasteiger partial charge in [0.15, 0.2) is 5.65 Å². The van der Waals surface area contributed by atoms with Gasteiger partial charge in [0.2, 0.25) is 5.91 Å². The molecule has 3 rings (SSSR count). The third-order valence-electron chi connectivity index (χ3n) is 4.77. The van der Waals surface area contributed by atoms with Gasteiger partial charge in [0.25, 0.3) is 5.56 Å². The van der Waals surface area contributed by atoms with Crippen LogP contribution in [0.2, 0.25) is 0 Å². The summed E-state index contributed by atoms with van der Waals surface area (Å²) in [5.74, 6) is 0.632. The van der Waals surface area contributed by atoms with Crippen molar-refractivity contribution in [3.05, 3.63) is 26.7 Å². The Morgan fingerprint density at radius 3 is 2.45 bits per heavy atom. The first-order valence-electron chi connectivity index (χ1n) is 9.72. The first-order valence-corrected chi connectivity index (χ1v) is 10.6. The van der Waals surface area contributed by atoms with Gasteiger partial charge in [-0.3, -0.25) is 18.7 Å². The molecule has 0 aliphatic carbocycles. The van der Waals surface area contributed by atoms with Crippen molar-refractivity contribution >= 4 is 28.7 Å². The molecule has 0 aromatic carbocycles. The highest BCUT2D eigenvalue weighted by Gasteiger charge is 2.26. The predicted octanol–water partition coefficient (Wildman–Crippen LogP) is 0.794. The lowest BCUT2D eigenvalue weighted by Crippen LogP contribution is -2.44. The summed E-state index contributed by atoms with van der Waals surface area (Å²) in [6.07, 6.45) is 0. The predicted molar refractivity (Wildman–Crippen MR) is 111 cm³/mol. The molecular weight excluding hydrogens is 394 g/mol. The molecule has 0 radical (unpaired) electrons. The summed E-state index contributed by atoms with van der Waals surface area (Å²) in [6, 6.07) is 0. The molecule has 2 aromatic rings. The van der Waals surface area contributed by atoms with E-state index in [9.17, 15) is 14.4 Å². The van der Waals surface area contributed by atoms with Gasteiger partial charge in [0.1, 0.15) is 16.2 Å². The van der Waals surface area contributed by atoms with E-state index >= 15 is 0 Å². The topological polar surface area (TPSA) is 99.3 Å². The maximum absolute atomic E-state index is 12.9. The van der Waals surface area contributed by atoms with Gasteiger partial charge >= 0.3 is 5.69 Å². The van der Waals surface area contributed by atoms with E-state index in [1.165, 1.54) is 23.4 Å². The molecule has 0 bridgehead atoms. The van der Waals surface area contributed by atoms with Crippen molar-refractivity contribution in [2.45, 2.75) is 44.5 Å². The largest absolute Gasteiger partial charge is 0.378 e. The Morgan fingerprint density at radius 1 is 1.17 bits per heavy atom. The first kappa shape index (κ1) is 21.5. The lowest BCUT2D eigenvalue weighted by Gasteiger charge is -2.29. The lowest BCUT2D eigenvalue weighted by atomic mass is 10.2. The standard InChI is InChI=1S/C19H27N5O4S/c1-11(2)10-24-15-14(18(26)22(5)19(24)27)16(21-13(4)20-15)29-12(3)17(25)23-6-8-28-9-7-23/h11-12H,6-10H2,1-5H3. The summed E-state index contributed by atoms with van der Waals surface area (Å²) >= 11 is 1.23. The zero-order valence-corrected chi connectivity index (χ0v) is 18.3. The number of carbonyl (C=O) groups is 1. The van der Waals surface area contributed by atoms with Crippen molar-refractivity contribution < 1.29 is 9.53 Å². The molecule has 1 unspecified atom stereocenters. The number of hydrogen-bond donors (Lipinski definition) is 0. The Hall–Kier alpha value is -2.20. The number of carbonyl (C=O) groups excluding carboxylic acids is 1. The van der Waals surface area contributed by atoms with E-state index in [1.807, 2.05) is 13.8 Å². The normalized spacial score (nSPS) is 15.9. The van der Waals surface area contributed by atoms with Crippen molar-refractivity contribution in [1.82, 2.24) is 24.0 Å². The van der Waals surface area contributed by atoms with Gasteiger partial charge < -0.3 is 9.64 Å². The fraction of sp³-hybridized carbons (Fsp3) is 0.632. The van der Waals surface area contributed by atoms with Crippen LogP contribution in [0.25, 0.3) is 11.0 Å². The summed E-state index contributed by atoms with van der Waals surface area (Å²) in [5.41, 5.74) is -0.519. The maximum Gasteiger partial charge on any atom is 0.332 e. The van der Waals surface area contributed by atoms with E-state index in [0.29, 0.717) is 49.3 Å². The molecule has 9 nitrogen and oxygen atoms in total. The Labute approximate surface area is 173 Å². The van der Waals surface area contributed by atoms with Crippen molar-refractivity contribution in [3.63, 3.8) is 0 Å². The van der Waals surface area contributed by atoms with Crippen molar-refractivity contribution in [3.8, 4) is 0 Å². The summed E-state index contributed by atoms with van der Waals surface area (Å²) in [4.78, 5) is 49.0. The Morgan fingerprint density at radius 2 is 1.83 bits per heavy atom. The number of thioether (sulfide) groups is 1. The summed E-state index contributed by atoms with van der Waals surface area (Å²) < 4.78 is 7.92. The Kier molecular flexibility index (Phi) is 6.42. The van der Waals surface area contributed by atoms with E-state index in [4.69, 9.17) is 4.74 Å². The van der Waals surface area contributed by atoms with Gasteiger partial charge in [0.05, 0.1) is 18.5 Å². The van der Waals surface area contributed by atoms with E-state index in [2.05, 4.69) is 9.97 Å². The van der Waals surface area contributed by atoms with Gasteiger partial charge in [-0.05, 0) is 19.8 Å². The smallest absolute Gasteiger partial charge is 0.332 e. The third kappa shape index (κ3) is 4.37. The van der Waals surface area contributed by atoms with Crippen LogP contribution in [0.5, 0.6) is 0 Å². The Balaban J connectivity index is 2.08.